The van der Waals surface area contributed by atoms with Gasteiger partial charge in [-0.3, -0.25) is 4.99 Å². The highest BCUT2D eigenvalue weighted by Gasteiger charge is 2.29. The SMILES string of the molecule is CCNC(=NCC1(C)CCCS1)NCCN(C)C(C)CC.I. The maximum atomic E-state index is 4.78. The van der Waals surface area contributed by atoms with Gasteiger partial charge in [0, 0.05) is 30.4 Å². The van der Waals surface area contributed by atoms with Gasteiger partial charge in [0.25, 0.3) is 0 Å². The molecular formula is C16H35IN4S. The number of hydrogen-bond acceptors (Lipinski definition) is 3. The van der Waals surface area contributed by atoms with E-state index < -0.39 is 0 Å². The summed E-state index contributed by atoms with van der Waals surface area (Å²) in [5.41, 5.74) is 0. The second kappa shape index (κ2) is 11.8. The molecule has 2 N–H and O–H groups in total. The van der Waals surface area contributed by atoms with Crippen LogP contribution in [0.15, 0.2) is 4.99 Å². The topological polar surface area (TPSA) is 39.7 Å². The second-order valence-electron chi connectivity index (χ2n) is 6.26. The molecule has 0 aromatic heterocycles. The van der Waals surface area contributed by atoms with Crippen LogP contribution in [0.2, 0.25) is 0 Å². The Bertz CT molecular complexity index is 319. The maximum absolute atomic E-state index is 4.78. The smallest absolute Gasteiger partial charge is 0.191 e. The van der Waals surface area contributed by atoms with Crippen molar-refractivity contribution in [2.75, 3.05) is 39.0 Å². The lowest BCUT2D eigenvalue weighted by atomic mass is 10.1. The number of nitrogens with zero attached hydrogens (tertiary/aromatic N) is 2. The summed E-state index contributed by atoms with van der Waals surface area (Å²) in [7, 11) is 2.19. The van der Waals surface area contributed by atoms with E-state index in [9.17, 15) is 0 Å². The fraction of sp³-hybridized carbons (Fsp3) is 0.938. The van der Waals surface area contributed by atoms with Gasteiger partial charge in [0.2, 0.25) is 0 Å². The second-order valence-corrected chi connectivity index (χ2v) is 7.94. The standard InChI is InChI=1S/C16H34N4S.HI/c1-6-14(3)20(5)11-10-18-15(17-7-2)19-13-16(4)9-8-12-21-16;/h14H,6-13H2,1-5H3,(H2,17,18,19);1H. The molecule has 1 aliphatic heterocycles. The number of guanidine groups is 1. The molecule has 1 rings (SSSR count). The monoisotopic (exact) mass is 442 g/mol. The Hall–Kier alpha value is 0.310. The molecule has 0 spiro atoms. The highest BCUT2D eigenvalue weighted by Crippen LogP contribution is 2.37. The molecule has 0 saturated carbocycles. The van der Waals surface area contributed by atoms with Gasteiger partial charge < -0.3 is 15.5 Å². The molecule has 0 aliphatic carbocycles. The molecule has 0 aromatic rings. The van der Waals surface area contributed by atoms with E-state index >= 15 is 0 Å². The summed E-state index contributed by atoms with van der Waals surface area (Å²) in [6.45, 7) is 12.8. The van der Waals surface area contributed by atoms with Crippen LogP contribution in [0.25, 0.3) is 0 Å². The summed E-state index contributed by atoms with van der Waals surface area (Å²) in [5.74, 6) is 2.25. The molecule has 0 aromatic carbocycles. The number of hydrogen-bond donors (Lipinski definition) is 2. The van der Waals surface area contributed by atoms with Crippen LogP contribution >= 0.6 is 35.7 Å². The average Bonchev–Trinajstić information content (AvgIpc) is 2.91. The van der Waals surface area contributed by atoms with E-state index in [4.69, 9.17) is 4.99 Å². The summed E-state index contributed by atoms with van der Waals surface area (Å²) in [6.07, 6.45) is 3.82. The number of nitrogens with one attached hydrogen (secondary N) is 2. The average molecular weight is 442 g/mol. The molecule has 0 bridgehead atoms. The molecule has 132 valence electrons. The molecule has 1 heterocycles. The predicted octanol–water partition coefficient (Wildman–Crippen LogP) is 3.18. The summed E-state index contributed by atoms with van der Waals surface area (Å²) in [4.78, 5) is 7.18. The van der Waals surface area contributed by atoms with E-state index in [1.54, 1.807) is 0 Å². The minimum Gasteiger partial charge on any atom is -0.357 e. The largest absolute Gasteiger partial charge is 0.357 e. The number of halogens is 1. The summed E-state index contributed by atoms with van der Waals surface area (Å²) < 4.78 is 0.343. The van der Waals surface area contributed by atoms with Crippen LogP contribution in [0.3, 0.4) is 0 Å². The first-order valence-electron chi connectivity index (χ1n) is 8.37. The molecule has 1 aliphatic rings. The lowest BCUT2D eigenvalue weighted by Gasteiger charge is -2.24. The summed E-state index contributed by atoms with van der Waals surface area (Å²) in [5, 5.41) is 6.81. The van der Waals surface area contributed by atoms with Crippen molar-refractivity contribution < 1.29 is 0 Å². The molecular weight excluding hydrogens is 407 g/mol. The van der Waals surface area contributed by atoms with Gasteiger partial charge in [-0.15, -0.1) is 24.0 Å². The van der Waals surface area contributed by atoms with Crippen LogP contribution < -0.4 is 10.6 Å². The Labute approximate surface area is 158 Å². The molecule has 2 atom stereocenters. The molecule has 1 saturated heterocycles. The van der Waals surface area contributed by atoms with E-state index in [-0.39, 0.29) is 24.0 Å². The first-order chi connectivity index (χ1) is 10.0. The van der Waals surface area contributed by atoms with Gasteiger partial charge in [-0.25, -0.2) is 0 Å². The Kier molecular flexibility index (Phi) is 12.0. The molecule has 0 radical (unpaired) electrons. The molecule has 0 amide bonds. The minimum atomic E-state index is 0. The molecule has 4 nitrogen and oxygen atoms in total. The highest BCUT2D eigenvalue weighted by molar-refractivity contribution is 14.0. The van der Waals surface area contributed by atoms with Gasteiger partial charge in [0.05, 0.1) is 6.54 Å². The summed E-state index contributed by atoms with van der Waals surface area (Å²) in [6, 6.07) is 0.639. The first-order valence-corrected chi connectivity index (χ1v) is 9.35. The third-order valence-electron chi connectivity index (χ3n) is 4.32. The number of likely N-dealkylation sites (N-methyl/N-ethyl adjacent to an activating group) is 1. The third kappa shape index (κ3) is 8.24. The van der Waals surface area contributed by atoms with Crippen molar-refractivity contribution in [1.82, 2.24) is 15.5 Å². The van der Waals surface area contributed by atoms with E-state index in [1.807, 2.05) is 0 Å². The van der Waals surface area contributed by atoms with Crippen molar-refractivity contribution in [2.45, 2.75) is 57.7 Å². The molecule has 2 unspecified atom stereocenters. The van der Waals surface area contributed by atoms with Gasteiger partial charge in [0.1, 0.15) is 0 Å². The zero-order valence-electron chi connectivity index (χ0n) is 14.9. The zero-order chi connectivity index (χ0) is 15.7. The zero-order valence-corrected chi connectivity index (χ0v) is 18.1. The quantitative estimate of drug-likeness (QED) is 0.344. The predicted molar refractivity (Wildman–Crippen MR) is 112 cm³/mol. The minimum absolute atomic E-state index is 0. The van der Waals surface area contributed by atoms with Gasteiger partial charge in [-0.1, -0.05) is 6.92 Å². The first kappa shape index (κ1) is 22.3. The van der Waals surface area contributed by atoms with Crippen LogP contribution in [0.4, 0.5) is 0 Å². The van der Waals surface area contributed by atoms with E-state index in [2.05, 4.69) is 62.0 Å². The van der Waals surface area contributed by atoms with Crippen molar-refractivity contribution in [2.24, 2.45) is 4.99 Å². The Morgan fingerprint density at radius 1 is 1.36 bits per heavy atom. The third-order valence-corrected chi connectivity index (χ3v) is 5.84. The number of thioether (sulfide) groups is 1. The summed E-state index contributed by atoms with van der Waals surface area (Å²) >= 11 is 2.07. The van der Waals surface area contributed by atoms with Gasteiger partial charge >= 0.3 is 0 Å². The van der Waals surface area contributed by atoms with E-state index in [1.165, 1.54) is 25.0 Å². The normalized spacial score (nSPS) is 23.3. The van der Waals surface area contributed by atoms with E-state index in [0.29, 0.717) is 10.8 Å². The Balaban J connectivity index is 0.00000441. The fourth-order valence-electron chi connectivity index (χ4n) is 2.43. The lowest BCUT2D eigenvalue weighted by Crippen LogP contribution is -2.43. The Morgan fingerprint density at radius 3 is 2.64 bits per heavy atom. The molecule has 6 heteroatoms. The lowest BCUT2D eigenvalue weighted by molar-refractivity contribution is 0.255. The van der Waals surface area contributed by atoms with Crippen molar-refractivity contribution in [3.63, 3.8) is 0 Å². The fourth-order valence-corrected chi connectivity index (χ4v) is 3.66. The highest BCUT2D eigenvalue weighted by atomic mass is 127. The van der Waals surface area contributed by atoms with Crippen LogP contribution in [0.1, 0.15) is 47.0 Å². The molecule has 22 heavy (non-hydrogen) atoms. The van der Waals surface area contributed by atoms with Crippen molar-refractivity contribution in [3.8, 4) is 0 Å². The van der Waals surface area contributed by atoms with Crippen molar-refractivity contribution in [3.05, 3.63) is 0 Å². The number of rotatable bonds is 8. The molecule has 1 fully saturated rings. The van der Waals surface area contributed by atoms with Gasteiger partial charge in [0.15, 0.2) is 5.96 Å². The van der Waals surface area contributed by atoms with Crippen LogP contribution in [-0.2, 0) is 0 Å². The van der Waals surface area contributed by atoms with Crippen molar-refractivity contribution >= 4 is 41.7 Å². The van der Waals surface area contributed by atoms with Crippen LogP contribution in [-0.4, -0.2) is 60.6 Å². The van der Waals surface area contributed by atoms with Crippen molar-refractivity contribution in [1.29, 1.82) is 0 Å². The van der Waals surface area contributed by atoms with Crippen LogP contribution in [0, 0.1) is 0 Å². The number of aliphatic imine (C=N–C) groups is 1. The maximum Gasteiger partial charge on any atom is 0.191 e. The van der Waals surface area contributed by atoms with E-state index in [0.717, 1.165) is 32.1 Å². The van der Waals surface area contributed by atoms with Crippen LogP contribution in [0.5, 0.6) is 0 Å². The van der Waals surface area contributed by atoms with Gasteiger partial charge in [-0.2, -0.15) is 11.8 Å². The van der Waals surface area contributed by atoms with Gasteiger partial charge in [-0.05, 0) is 52.8 Å². The Morgan fingerprint density at radius 2 is 2.09 bits per heavy atom.